The summed E-state index contributed by atoms with van der Waals surface area (Å²) in [7, 11) is -1.39. The fraction of sp³-hybridized carbons (Fsp3) is 0.429. The molecule has 0 saturated heterocycles. The minimum atomic E-state index is -3.98. The van der Waals surface area contributed by atoms with Crippen molar-refractivity contribution in [3.8, 4) is 0 Å². The zero-order chi connectivity index (χ0) is 11.8. The van der Waals surface area contributed by atoms with Gasteiger partial charge in [0.15, 0.2) is 5.69 Å². The van der Waals surface area contributed by atoms with Crippen LogP contribution in [0.4, 0.5) is 0 Å². The molecule has 8 heteroatoms. The van der Waals surface area contributed by atoms with E-state index >= 15 is 0 Å². The molecule has 0 atom stereocenters. The van der Waals surface area contributed by atoms with Crippen LogP contribution in [0.2, 0.25) is 0 Å². The summed E-state index contributed by atoms with van der Waals surface area (Å²) in [5.41, 5.74) is -0.00194. The van der Waals surface area contributed by atoms with E-state index in [0.29, 0.717) is 0 Å². The number of aryl methyl sites for hydroxylation is 2. The van der Waals surface area contributed by atoms with Crippen molar-refractivity contribution >= 4 is 16.0 Å². The second-order valence-electron chi connectivity index (χ2n) is 2.92. The van der Waals surface area contributed by atoms with Crippen molar-refractivity contribution in [2.24, 2.45) is 12.2 Å². The number of primary sulfonamides is 1. The monoisotopic (exact) mass is 233 g/mol. The van der Waals surface area contributed by atoms with Gasteiger partial charge in [0.05, 0.1) is 12.8 Å². The summed E-state index contributed by atoms with van der Waals surface area (Å²) in [6, 6.07) is 0. The zero-order valence-corrected chi connectivity index (χ0v) is 9.33. The molecule has 0 saturated carbocycles. The molecule has 15 heavy (non-hydrogen) atoms. The van der Waals surface area contributed by atoms with Crippen LogP contribution >= 0.6 is 0 Å². The van der Waals surface area contributed by atoms with E-state index in [2.05, 4.69) is 9.84 Å². The van der Waals surface area contributed by atoms with Crippen LogP contribution in [-0.4, -0.2) is 31.3 Å². The summed E-state index contributed by atoms with van der Waals surface area (Å²) in [6.07, 6.45) is 0. The molecule has 0 bridgehead atoms. The quantitative estimate of drug-likeness (QED) is 0.671. The van der Waals surface area contributed by atoms with Crippen molar-refractivity contribution in [2.45, 2.75) is 11.8 Å². The Bertz CT molecular complexity index is 503. The normalized spacial score (nSPS) is 11.5. The minimum absolute atomic E-state index is 0.167. The fourth-order valence-electron chi connectivity index (χ4n) is 1.30. The van der Waals surface area contributed by atoms with Crippen molar-refractivity contribution in [2.75, 3.05) is 7.11 Å². The summed E-state index contributed by atoms with van der Waals surface area (Å²) in [5.74, 6) is -0.790. The highest BCUT2D eigenvalue weighted by Gasteiger charge is 2.27. The van der Waals surface area contributed by atoms with E-state index in [9.17, 15) is 13.2 Å². The first-order valence-electron chi connectivity index (χ1n) is 3.93. The first kappa shape index (κ1) is 11.7. The van der Waals surface area contributed by atoms with Gasteiger partial charge in [0.1, 0.15) is 4.90 Å². The molecule has 0 radical (unpaired) electrons. The second kappa shape index (κ2) is 3.63. The predicted octanol–water partition coefficient (Wildman–Crippen LogP) is -0.837. The topological polar surface area (TPSA) is 104 Å². The van der Waals surface area contributed by atoms with Crippen LogP contribution in [-0.2, 0) is 21.8 Å². The molecular formula is C7H11N3O4S. The maximum atomic E-state index is 11.3. The third-order valence-corrected chi connectivity index (χ3v) is 2.89. The summed E-state index contributed by atoms with van der Waals surface area (Å²) in [4.78, 5) is 11.0. The van der Waals surface area contributed by atoms with Crippen LogP contribution in [0.3, 0.4) is 0 Å². The lowest BCUT2D eigenvalue weighted by molar-refractivity contribution is 0.0583. The number of hydrogen-bond donors (Lipinski definition) is 1. The molecule has 0 aromatic carbocycles. The number of carbonyl (C=O) groups is 1. The van der Waals surface area contributed by atoms with Crippen molar-refractivity contribution < 1.29 is 17.9 Å². The smallest absolute Gasteiger partial charge is 0.357 e. The van der Waals surface area contributed by atoms with Crippen LogP contribution in [0, 0.1) is 6.92 Å². The van der Waals surface area contributed by atoms with Crippen LogP contribution < -0.4 is 5.14 Å². The molecule has 0 amide bonds. The lowest BCUT2D eigenvalue weighted by Crippen LogP contribution is -2.18. The van der Waals surface area contributed by atoms with E-state index in [1.54, 1.807) is 0 Å². The largest absolute Gasteiger partial charge is 0.464 e. The van der Waals surface area contributed by atoms with Gasteiger partial charge in [-0.25, -0.2) is 18.4 Å². The number of carbonyl (C=O) groups excluding carboxylic acids is 1. The van der Waals surface area contributed by atoms with Crippen LogP contribution in [0.25, 0.3) is 0 Å². The maximum Gasteiger partial charge on any atom is 0.357 e. The van der Waals surface area contributed by atoms with Gasteiger partial charge < -0.3 is 4.74 Å². The standard InChI is InChI=1S/C7H11N3O4S/c1-4-6(15(8,12)13)5(7(11)14-3)10(2)9-4/h1-3H3,(H2,8,12,13). The van der Waals surface area contributed by atoms with Crippen molar-refractivity contribution in [3.05, 3.63) is 11.4 Å². The third kappa shape index (κ3) is 2.00. The van der Waals surface area contributed by atoms with Gasteiger partial charge in [0.25, 0.3) is 0 Å². The molecule has 1 aromatic heterocycles. The molecule has 1 aromatic rings. The van der Waals surface area contributed by atoms with Gasteiger partial charge in [-0.15, -0.1) is 0 Å². The number of aromatic nitrogens is 2. The average Bonchev–Trinajstić information content (AvgIpc) is 2.38. The van der Waals surface area contributed by atoms with E-state index in [1.165, 1.54) is 14.0 Å². The third-order valence-electron chi connectivity index (χ3n) is 1.83. The Morgan fingerprint density at radius 2 is 2.07 bits per heavy atom. The lowest BCUT2D eigenvalue weighted by Gasteiger charge is -2.02. The number of esters is 1. The Morgan fingerprint density at radius 1 is 1.53 bits per heavy atom. The number of sulfonamides is 1. The van der Waals surface area contributed by atoms with E-state index in [-0.39, 0.29) is 16.3 Å². The molecule has 0 spiro atoms. The van der Waals surface area contributed by atoms with Crippen LogP contribution in [0.5, 0.6) is 0 Å². The van der Waals surface area contributed by atoms with Gasteiger partial charge in [-0.05, 0) is 6.92 Å². The van der Waals surface area contributed by atoms with E-state index in [1.807, 2.05) is 0 Å². The van der Waals surface area contributed by atoms with Crippen molar-refractivity contribution in [3.63, 3.8) is 0 Å². The Kier molecular flexibility index (Phi) is 2.82. The molecule has 0 fully saturated rings. The maximum absolute atomic E-state index is 11.3. The van der Waals surface area contributed by atoms with Gasteiger partial charge in [-0.1, -0.05) is 0 Å². The molecular weight excluding hydrogens is 222 g/mol. The highest BCUT2D eigenvalue weighted by Crippen LogP contribution is 2.18. The first-order valence-corrected chi connectivity index (χ1v) is 5.48. The number of nitrogens with two attached hydrogens (primary N) is 1. The molecule has 1 rings (SSSR count). The number of rotatable bonds is 2. The number of methoxy groups -OCH3 is 1. The summed E-state index contributed by atoms with van der Waals surface area (Å²) < 4.78 is 28.0. The Balaban J connectivity index is 3.58. The van der Waals surface area contributed by atoms with Crippen LogP contribution in [0.1, 0.15) is 16.2 Å². The lowest BCUT2D eigenvalue weighted by atomic mass is 10.4. The van der Waals surface area contributed by atoms with Crippen molar-refractivity contribution in [1.29, 1.82) is 0 Å². The molecule has 1 heterocycles. The Morgan fingerprint density at radius 3 is 2.47 bits per heavy atom. The molecule has 7 nitrogen and oxygen atoms in total. The fourth-order valence-corrected chi connectivity index (χ4v) is 2.24. The Labute approximate surface area is 86.9 Å². The van der Waals surface area contributed by atoms with Gasteiger partial charge in [-0.3, -0.25) is 4.68 Å². The Hall–Kier alpha value is -1.41. The molecule has 0 aliphatic heterocycles. The average molecular weight is 233 g/mol. The van der Waals surface area contributed by atoms with Crippen molar-refractivity contribution in [1.82, 2.24) is 9.78 Å². The van der Waals surface area contributed by atoms with Gasteiger partial charge >= 0.3 is 5.97 Å². The SMILES string of the molecule is COC(=O)c1c(S(N)(=O)=O)c(C)nn1C. The number of hydrogen-bond acceptors (Lipinski definition) is 5. The van der Waals surface area contributed by atoms with E-state index in [4.69, 9.17) is 5.14 Å². The molecule has 84 valence electrons. The second-order valence-corrected chi connectivity index (χ2v) is 4.42. The van der Waals surface area contributed by atoms with E-state index < -0.39 is 16.0 Å². The highest BCUT2D eigenvalue weighted by molar-refractivity contribution is 7.89. The van der Waals surface area contributed by atoms with Gasteiger partial charge in [0.2, 0.25) is 10.0 Å². The molecule has 0 aliphatic rings. The first-order chi connectivity index (χ1) is 6.79. The highest BCUT2D eigenvalue weighted by atomic mass is 32.2. The zero-order valence-electron chi connectivity index (χ0n) is 8.51. The summed E-state index contributed by atoms with van der Waals surface area (Å²) in [5, 5.41) is 8.78. The number of ether oxygens (including phenoxy) is 1. The van der Waals surface area contributed by atoms with Gasteiger partial charge in [0, 0.05) is 7.05 Å². The predicted molar refractivity (Wildman–Crippen MR) is 50.7 cm³/mol. The van der Waals surface area contributed by atoms with E-state index in [0.717, 1.165) is 11.8 Å². The minimum Gasteiger partial charge on any atom is -0.464 e. The van der Waals surface area contributed by atoms with Crippen LogP contribution in [0.15, 0.2) is 4.90 Å². The van der Waals surface area contributed by atoms with Gasteiger partial charge in [-0.2, -0.15) is 5.10 Å². The summed E-state index contributed by atoms with van der Waals surface area (Å²) in [6.45, 7) is 1.45. The molecule has 0 aliphatic carbocycles. The molecule has 2 N–H and O–H groups in total. The molecule has 0 unspecified atom stereocenters. The number of nitrogens with zero attached hydrogens (tertiary/aromatic N) is 2. The summed E-state index contributed by atoms with van der Waals surface area (Å²) >= 11 is 0.